The Bertz CT molecular complexity index is 996. The molecule has 0 atom stereocenters. The van der Waals surface area contributed by atoms with Gasteiger partial charge in [0.15, 0.2) is 16.4 Å². The molecular weight excluding hydrogens is 370 g/mol. The summed E-state index contributed by atoms with van der Waals surface area (Å²) in [5.41, 5.74) is 4.08. The predicted molar refractivity (Wildman–Crippen MR) is 114 cm³/mol. The first kappa shape index (κ1) is 19.0. The summed E-state index contributed by atoms with van der Waals surface area (Å²) in [5, 5.41) is 4.75. The molecule has 0 amide bonds. The molecule has 0 saturated carbocycles. The second kappa shape index (κ2) is 7.93. The van der Waals surface area contributed by atoms with Crippen molar-refractivity contribution < 1.29 is 4.42 Å². The largest absolute Gasteiger partial charge is 0.461 e. The number of hydrogen-bond donors (Lipinski definition) is 0. The average molecular weight is 398 g/mol. The maximum Gasteiger partial charge on any atom is 0.199 e. The molecule has 0 unspecified atom stereocenters. The van der Waals surface area contributed by atoms with Gasteiger partial charge < -0.3 is 9.32 Å². The predicted octanol–water partition coefficient (Wildman–Crippen LogP) is 4.09. The van der Waals surface area contributed by atoms with Crippen molar-refractivity contribution in [3.63, 3.8) is 0 Å². The van der Waals surface area contributed by atoms with Crippen molar-refractivity contribution >= 4 is 17.9 Å². The highest BCUT2D eigenvalue weighted by atomic mass is 32.1. The van der Waals surface area contributed by atoms with E-state index < -0.39 is 0 Å². The maximum absolute atomic E-state index is 5.67. The second-order valence-electron chi connectivity index (χ2n) is 7.29. The van der Waals surface area contributed by atoms with E-state index in [1.807, 2.05) is 21.4 Å². The zero-order chi connectivity index (χ0) is 19.7. The number of anilines is 1. The van der Waals surface area contributed by atoms with E-state index in [0.717, 1.165) is 49.1 Å². The van der Waals surface area contributed by atoms with Crippen LogP contribution >= 0.6 is 12.2 Å². The van der Waals surface area contributed by atoms with Gasteiger partial charge in [-0.05, 0) is 62.3 Å². The fourth-order valence-corrected chi connectivity index (χ4v) is 4.12. The fourth-order valence-electron chi connectivity index (χ4n) is 3.80. The Balaban J connectivity index is 1.47. The van der Waals surface area contributed by atoms with Gasteiger partial charge in [-0.1, -0.05) is 12.1 Å². The highest BCUT2D eigenvalue weighted by Crippen LogP contribution is 2.24. The van der Waals surface area contributed by atoms with Crippen LogP contribution in [0, 0.1) is 18.6 Å². The SMILES string of the molecule is CCn1c(-c2ccco2)nn(CN2CCN(c3cccc(C)c3C)CC2)c1=S. The normalized spacial score (nSPS) is 15.3. The summed E-state index contributed by atoms with van der Waals surface area (Å²) in [5.74, 6) is 1.55. The van der Waals surface area contributed by atoms with Crippen LogP contribution in [0.25, 0.3) is 11.6 Å². The zero-order valence-corrected chi connectivity index (χ0v) is 17.6. The molecule has 1 aliphatic heterocycles. The van der Waals surface area contributed by atoms with E-state index in [9.17, 15) is 0 Å². The lowest BCUT2D eigenvalue weighted by Gasteiger charge is -2.36. The Hall–Kier alpha value is -2.38. The second-order valence-corrected chi connectivity index (χ2v) is 7.66. The smallest absolute Gasteiger partial charge is 0.199 e. The Labute approximate surface area is 171 Å². The highest BCUT2D eigenvalue weighted by Gasteiger charge is 2.21. The molecule has 2 aromatic heterocycles. The van der Waals surface area contributed by atoms with E-state index >= 15 is 0 Å². The fraction of sp³-hybridized carbons (Fsp3) is 0.429. The number of benzene rings is 1. The van der Waals surface area contributed by atoms with Gasteiger partial charge in [0, 0.05) is 38.4 Å². The van der Waals surface area contributed by atoms with Crippen molar-refractivity contribution in [2.75, 3.05) is 31.1 Å². The molecule has 0 bridgehead atoms. The Morgan fingerprint density at radius 3 is 2.54 bits per heavy atom. The molecule has 1 fully saturated rings. The van der Waals surface area contributed by atoms with E-state index in [0.29, 0.717) is 6.67 Å². The number of piperazine rings is 1. The van der Waals surface area contributed by atoms with Gasteiger partial charge in [0.05, 0.1) is 12.9 Å². The number of rotatable bonds is 5. The average Bonchev–Trinajstić information content (AvgIpc) is 3.33. The number of furan rings is 1. The molecule has 6 nitrogen and oxygen atoms in total. The summed E-state index contributed by atoms with van der Waals surface area (Å²) in [6.07, 6.45) is 1.67. The molecule has 4 rings (SSSR count). The summed E-state index contributed by atoms with van der Waals surface area (Å²) in [6.45, 7) is 12.0. The van der Waals surface area contributed by atoms with Gasteiger partial charge in [-0.15, -0.1) is 5.10 Å². The molecule has 3 aromatic rings. The van der Waals surface area contributed by atoms with E-state index in [4.69, 9.17) is 21.7 Å². The Morgan fingerprint density at radius 1 is 1.07 bits per heavy atom. The molecule has 148 valence electrons. The quantitative estimate of drug-likeness (QED) is 0.607. The minimum absolute atomic E-state index is 0.709. The summed E-state index contributed by atoms with van der Waals surface area (Å²) < 4.78 is 10.2. The van der Waals surface area contributed by atoms with Crippen molar-refractivity contribution in [3.8, 4) is 11.6 Å². The Kier molecular flexibility index (Phi) is 5.37. The molecule has 1 saturated heterocycles. The highest BCUT2D eigenvalue weighted by molar-refractivity contribution is 7.71. The maximum atomic E-state index is 5.67. The van der Waals surface area contributed by atoms with Crippen LogP contribution in [0.15, 0.2) is 41.0 Å². The van der Waals surface area contributed by atoms with E-state index in [2.05, 4.69) is 48.8 Å². The number of aryl methyl sites for hydroxylation is 1. The summed E-state index contributed by atoms with van der Waals surface area (Å²) in [7, 11) is 0. The van der Waals surface area contributed by atoms with Gasteiger partial charge in [0.25, 0.3) is 0 Å². The number of hydrogen-bond acceptors (Lipinski definition) is 5. The van der Waals surface area contributed by atoms with Crippen LogP contribution in [0.4, 0.5) is 5.69 Å². The zero-order valence-electron chi connectivity index (χ0n) is 16.8. The lowest BCUT2D eigenvalue weighted by Crippen LogP contribution is -2.47. The van der Waals surface area contributed by atoms with Crippen molar-refractivity contribution in [1.29, 1.82) is 0 Å². The Morgan fingerprint density at radius 2 is 1.86 bits per heavy atom. The first-order valence-corrected chi connectivity index (χ1v) is 10.2. The monoisotopic (exact) mass is 397 g/mol. The van der Waals surface area contributed by atoms with Gasteiger partial charge in [-0.25, -0.2) is 4.68 Å². The van der Waals surface area contributed by atoms with Crippen LogP contribution < -0.4 is 4.90 Å². The molecule has 0 radical (unpaired) electrons. The third-order valence-electron chi connectivity index (χ3n) is 5.60. The van der Waals surface area contributed by atoms with Gasteiger partial charge >= 0.3 is 0 Å². The minimum Gasteiger partial charge on any atom is -0.461 e. The van der Waals surface area contributed by atoms with Crippen LogP contribution in [0.1, 0.15) is 18.1 Å². The number of aromatic nitrogens is 3. The van der Waals surface area contributed by atoms with Crippen molar-refractivity contribution in [1.82, 2.24) is 19.2 Å². The molecule has 7 heteroatoms. The standard InChI is InChI=1S/C21H27N5OS/c1-4-25-20(19-9-6-14-27-19)22-26(21(25)28)15-23-10-12-24(13-11-23)18-8-5-7-16(2)17(18)3/h5-9,14H,4,10-13,15H2,1-3H3. The molecule has 0 N–H and O–H groups in total. The van der Waals surface area contributed by atoms with Crippen LogP contribution in [0.3, 0.4) is 0 Å². The summed E-state index contributed by atoms with van der Waals surface area (Å²) >= 11 is 5.67. The van der Waals surface area contributed by atoms with Crippen molar-refractivity contribution in [2.45, 2.75) is 34.0 Å². The van der Waals surface area contributed by atoms with Crippen LogP contribution in [-0.4, -0.2) is 45.4 Å². The van der Waals surface area contributed by atoms with Gasteiger partial charge in [0.1, 0.15) is 0 Å². The van der Waals surface area contributed by atoms with Crippen LogP contribution in [0.2, 0.25) is 0 Å². The van der Waals surface area contributed by atoms with Gasteiger partial charge in [0.2, 0.25) is 0 Å². The lowest BCUT2D eigenvalue weighted by molar-refractivity contribution is 0.194. The van der Waals surface area contributed by atoms with Crippen LogP contribution in [-0.2, 0) is 13.2 Å². The molecule has 3 heterocycles. The molecule has 0 aliphatic carbocycles. The first-order chi connectivity index (χ1) is 13.6. The van der Waals surface area contributed by atoms with Gasteiger partial charge in [-0.3, -0.25) is 9.47 Å². The molecule has 0 spiro atoms. The molecule has 1 aromatic carbocycles. The third-order valence-corrected chi connectivity index (χ3v) is 6.03. The van der Waals surface area contributed by atoms with Crippen molar-refractivity contribution in [2.24, 2.45) is 0 Å². The van der Waals surface area contributed by atoms with E-state index in [-0.39, 0.29) is 0 Å². The minimum atomic E-state index is 0.709. The van der Waals surface area contributed by atoms with Crippen LogP contribution in [0.5, 0.6) is 0 Å². The lowest BCUT2D eigenvalue weighted by atomic mass is 10.1. The van der Waals surface area contributed by atoms with E-state index in [1.54, 1.807) is 6.26 Å². The molecular formula is C21H27N5OS. The summed E-state index contributed by atoms with van der Waals surface area (Å²) in [6, 6.07) is 10.4. The molecule has 1 aliphatic rings. The number of nitrogens with zero attached hydrogens (tertiary/aromatic N) is 5. The first-order valence-electron chi connectivity index (χ1n) is 9.83. The summed E-state index contributed by atoms with van der Waals surface area (Å²) in [4.78, 5) is 4.90. The molecule has 28 heavy (non-hydrogen) atoms. The van der Waals surface area contributed by atoms with Gasteiger partial charge in [-0.2, -0.15) is 0 Å². The topological polar surface area (TPSA) is 42.4 Å². The van der Waals surface area contributed by atoms with Crippen molar-refractivity contribution in [3.05, 3.63) is 52.5 Å². The van der Waals surface area contributed by atoms with E-state index in [1.165, 1.54) is 16.8 Å². The third kappa shape index (κ3) is 3.52.